The molecule has 0 aliphatic carbocycles. The minimum atomic E-state index is -0.472. The lowest BCUT2D eigenvalue weighted by atomic mass is 10.2. The van der Waals surface area contributed by atoms with Crippen LogP contribution < -0.4 is 9.47 Å². The van der Waals surface area contributed by atoms with Gasteiger partial charge in [0.05, 0.1) is 16.5 Å². The lowest BCUT2D eigenvalue weighted by molar-refractivity contribution is -0.386. The number of nitro groups is 1. The molecule has 5 nitrogen and oxygen atoms in total. The van der Waals surface area contributed by atoms with Crippen molar-refractivity contribution in [2.75, 3.05) is 7.11 Å². The Morgan fingerprint density at radius 2 is 1.95 bits per heavy atom. The van der Waals surface area contributed by atoms with Gasteiger partial charge in [0.1, 0.15) is 12.4 Å². The molecule has 7 heteroatoms. The van der Waals surface area contributed by atoms with E-state index in [0.717, 1.165) is 10.0 Å². The average molecular weight is 417 g/mol. The van der Waals surface area contributed by atoms with Gasteiger partial charge < -0.3 is 9.47 Å². The van der Waals surface area contributed by atoms with Crippen LogP contribution in [0.25, 0.3) is 0 Å². The van der Waals surface area contributed by atoms with Crippen molar-refractivity contribution in [3.05, 3.63) is 61.0 Å². The molecule has 0 aliphatic heterocycles. The highest BCUT2D eigenvalue weighted by atomic mass is 79.9. The molecular weight excluding hydrogens is 406 g/mol. The lowest BCUT2D eigenvalue weighted by Gasteiger charge is -2.11. The van der Waals surface area contributed by atoms with Crippen LogP contribution in [0.4, 0.5) is 5.69 Å². The second kappa shape index (κ2) is 6.91. The fourth-order valence-electron chi connectivity index (χ4n) is 1.72. The quantitative estimate of drug-likeness (QED) is 0.523. The Morgan fingerprint density at radius 3 is 2.62 bits per heavy atom. The number of methoxy groups -OCH3 is 1. The largest absolute Gasteiger partial charge is 0.497 e. The van der Waals surface area contributed by atoms with Gasteiger partial charge in [-0.1, -0.05) is 22.0 Å². The summed E-state index contributed by atoms with van der Waals surface area (Å²) in [6.07, 6.45) is 0. The van der Waals surface area contributed by atoms with Crippen LogP contribution in [-0.4, -0.2) is 12.0 Å². The summed E-state index contributed by atoms with van der Waals surface area (Å²) in [6.45, 7) is 0.182. The Bertz CT molecular complexity index is 676. The highest BCUT2D eigenvalue weighted by Gasteiger charge is 2.18. The van der Waals surface area contributed by atoms with E-state index in [2.05, 4.69) is 31.9 Å². The fraction of sp³-hybridized carbons (Fsp3) is 0.143. The molecule has 0 fully saturated rings. The maximum absolute atomic E-state index is 11.0. The third-order valence-electron chi connectivity index (χ3n) is 2.77. The Labute approximate surface area is 138 Å². The van der Waals surface area contributed by atoms with E-state index in [4.69, 9.17) is 9.47 Å². The second-order valence-corrected chi connectivity index (χ2v) is 5.80. The number of rotatable bonds is 5. The first kappa shape index (κ1) is 15.8. The zero-order valence-electron chi connectivity index (χ0n) is 11.0. The molecule has 0 amide bonds. The first-order valence-corrected chi connectivity index (χ1v) is 7.49. The average Bonchev–Trinajstić information content (AvgIpc) is 2.47. The molecule has 0 spiro atoms. The maximum Gasteiger partial charge on any atom is 0.312 e. The number of halogens is 2. The molecule has 0 saturated carbocycles. The molecule has 0 aromatic heterocycles. The summed E-state index contributed by atoms with van der Waals surface area (Å²) >= 11 is 6.69. The predicted octanol–water partition coefficient (Wildman–Crippen LogP) is 4.71. The number of nitro benzene ring substituents is 1. The molecule has 2 rings (SSSR count). The van der Waals surface area contributed by atoms with E-state index in [-0.39, 0.29) is 18.0 Å². The standard InChI is InChI=1S/C14H11Br2NO4/c1-20-10-5-6-11(15)9(7-10)8-21-14-12(16)3-2-4-13(14)17(18)19/h2-7H,8H2,1H3. The lowest BCUT2D eigenvalue weighted by Crippen LogP contribution is -2.01. The Morgan fingerprint density at radius 1 is 1.19 bits per heavy atom. The summed E-state index contributed by atoms with van der Waals surface area (Å²) in [7, 11) is 1.58. The second-order valence-electron chi connectivity index (χ2n) is 4.09. The van der Waals surface area contributed by atoms with E-state index >= 15 is 0 Å². The van der Waals surface area contributed by atoms with Gasteiger partial charge in [-0.15, -0.1) is 0 Å². The highest BCUT2D eigenvalue weighted by molar-refractivity contribution is 9.10. The predicted molar refractivity (Wildman–Crippen MR) is 85.8 cm³/mol. The molecule has 0 radical (unpaired) electrons. The number of hydrogen-bond acceptors (Lipinski definition) is 4. The molecule has 0 aliphatic rings. The van der Waals surface area contributed by atoms with E-state index in [1.165, 1.54) is 6.07 Å². The third-order valence-corrected chi connectivity index (χ3v) is 4.17. The van der Waals surface area contributed by atoms with Crippen molar-refractivity contribution in [3.63, 3.8) is 0 Å². The topological polar surface area (TPSA) is 61.6 Å². The summed E-state index contributed by atoms with van der Waals surface area (Å²) in [4.78, 5) is 10.6. The van der Waals surface area contributed by atoms with E-state index < -0.39 is 4.92 Å². The molecule has 0 bridgehead atoms. The molecule has 0 unspecified atom stereocenters. The Balaban J connectivity index is 2.26. The van der Waals surface area contributed by atoms with Gasteiger partial charge in [0.15, 0.2) is 0 Å². The number of ether oxygens (including phenoxy) is 2. The summed E-state index contributed by atoms with van der Waals surface area (Å²) in [5.74, 6) is 0.899. The zero-order valence-corrected chi connectivity index (χ0v) is 14.2. The molecule has 21 heavy (non-hydrogen) atoms. The highest BCUT2D eigenvalue weighted by Crippen LogP contribution is 2.35. The normalized spacial score (nSPS) is 10.2. The molecule has 0 N–H and O–H groups in total. The van der Waals surface area contributed by atoms with Crippen LogP contribution in [0.5, 0.6) is 11.5 Å². The van der Waals surface area contributed by atoms with Crippen LogP contribution in [0.15, 0.2) is 45.3 Å². The fourth-order valence-corrected chi connectivity index (χ4v) is 2.55. The van der Waals surface area contributed by atoms with Gasteiger partial charge in [-0.3, -0.25) is 10.1 Å². The first-order chi connectivity index (χ1) is 10.0. The molecule has 0 saturated heterocycles. The summed E-state index contributed by atoms with van der Waals surface area (Å²) in [5.41, 5.74) is 0.753. The van der Waals surface area contributed by atoms with Gasteiger partial charge in [0, 0.05) is 16.1 Å². The number of hydrogen-bond donors (Lipinski definition) is 0. The van der Waals surface area contributed by atoms with Crippen molar-refractivity contribution in [1.82, 2.24) is 0 Å². The van der Waals surface area contributed by atoms with E-state index in [1.54, 1.807) is 19.2 Å². The molecule has 2 aromatic rings. The first-order valence-electron chi connectivity index (χ1n) is 5.91. The summed E-state index contributed by atoms with van der Waals surface area (Å²) in [6, 6.07) is 10.2. The van der Waals surface area contributed by atoms with Crippen LogP contribution in [0, 0.1) is 10.1 Å². The molecule has 0 heterocycles. The number of nitrogens with zero attached hydrogens (tertiary/aromatic N) is 1. The smallest absolute Gasteiger partial charge is 0.312 e. The SMILES string of the molecule is COc1ccc(Br)c(COc2c(Br)cccc2[N+](=O)[O-])c1. The van der Waals surface area contributed by atoms with Gasteiger partial charge in [-0.05, 0) is 40.2 Å². The van der Waals surface area contributed by atoms with Gasteiger partial charge in [-0.25, -0.2) is 0 Å². The Kier molecular flexibility index (Phi) is 5.19. The third kappa shape index (κ3) is 3.74. The van der Waals surface area contributed by atoms with E-state index in [9.17, 15) is 10.1 Å². The van der Waals surface area contributed by atoms with Gasteiger partial charge in [0.25, 0.3) is 0 Å². The molecule has 2 aromatic carbocycles. The van der Waals surface area contributed by atoms with E-state index in [0.29, 0.717) is 10.2 Å². The molecule has 110 valence electrons. The van der Waals surface area contributed by atoms with Crippen molar-refractivity contribution in [2.45, 2.75) is 6.61 Å². The van der Waals surface area contributed by atoms with Gasteiger partial charge in [0.2, 0.25) is 5.75 Å². The van der Waals surface area contributed by atoms with Crippen LogP contribution in [0.1, 0.15) is 5.56 Å². The van der Waals surface area contributed by atoms with Crippen molar-refractivity contribution >= 4 is 37.5 Å². The molecular formula is C14H11Br2NO4. The Hall–Kier alpha value is -1.60. The number of benzene rings is 2. The van der Waals surface area contributed by atoms with E-state index in [1.807, 2.05) is 18.2 Å². The van der Waals surface area contributed by atoms with Crippen LogP contribution >= 0.6 is 31.9 Å². The van der Waals surface area contributed by atoms with Crippen LogP contribution in [0.2, 0.25) is 0 Å². The monoisotopic (exact) mass is 415 g/mol. The van der Waals surface area contributed by atoms with Crippen LogP contribution in [-0.2, 0) is 6.61 Å². The summed E-state index contributed by atoms with van der Waals surface area (Å²) in [5, 5.41) is 11.0. The van der Waals surface area contributed by atoms with Crippen molar-refractivity contribution in [2.24, 2.45) is 0 Å². The van der Waals surface area contributed by atoms with Crippen molar-refractivity contribution < 1.29 is 14.4 Å². The van der Waals surface area contributed by atoms with Crippen molar-refractivity contribution in [1.29, 1.82) is 0 Å². The van der Waals surface area contributed by atoms with Crippen molar-refractivity contribution in [3.8, 4) is 11.5 Å². The molecule has 0 atom stereocenters. The van der Waals surface area contributed by atoms with Gasteiger partial charge in [-0.2, -0.15) is 0 Å². The van der Waals surface area contributed by atoms with Crippen LogP contribution in [0.3, 0.4) is 0 Å². The number of para-hydroxylation sites is 1. The van der Waals surface area contributed by atoms with Gasteiger partial charge >= 0.3 is 5.69 Å². The minimum Gasteiger partial charge on any atom is -0.497 e. The zero-order chi connectivity index (χ0) is 15.4. The maximum atomic E-state index is 11.0. The summed E-state index contributed by atoms with van der Waals surface area (Å²) < 4.78 is 12.2. The minimum absolute atomic E-state index is 0.0802.